The summed E-state index contributed by atoms with van der Waals surface area (Å²) in [6, 6.07) is 2.00. The van der Waals surface area contributed by atoms with Crippen LogP contribution in [0.2, 0.25) is 0 Å². The molecule has 2 aliphatic carbocycles. The van der Waals surface area contributed by atoms with Crippen molar-refractivity contribution in [3.8, 4) is 0 Å². The van der Waals surface area contributed by atoms with Crippen LogP contribution in [0.5, 0.6) is 0 Å². The number of nitrogens with one attached hydrogen (secondary N) is 3. The Morgan fingerprint density at radius 1 is 0.909 bits per heavy atom. The van der Waals surface area contributed by atoms with Crippen LogP contribution < -0.4 is 16.1 Å². The van der Waals surface area contributed by atoms with Gasteiger partial charge in [-0.3, -0.25) is 0 Å². The van der Waals surface area contributed by atoms with E-state index in [1.54, 1.807) is 0 Å². The van der Waals surface area contributed by atoms with Crippen LogP contribution in [-0.2, 0) is 0 Å². The zero-order valence-corrected chi connectivity index (χ0v) is 14.7. The molecule has 4 fully saturated rings. The number of rotatable bonds is 2. The topological polar surface area (TPSA) is 36.1 Å². The number of quaternary nitrogens is 1. The second kappa shape index (κ2) is 5.44. The van der Waals surface area contributed by atoms with E-state index in [4.69, 9.17) is 0 Å². The molecular weight excluding hydrogens is 272 g/mol. The Labute approximate surface area is 136 Å². The van der Waals surface area contributed by atoms with E-state index in [2.05, 4.69) is 36.8 Å². The maximum absolute atomic E-state index is 4.11. The molecule has 0 aromatic carbocycles. The van der Waals surface area contributed by atoms with Crippen LogP contribution in [0.4, 0.5) is 0 Å². The highest BCUT2D eigenvalue weighted by molar-refractivity contribution is 5.04. The zero-order chi connectivity index (χ0) is 15.4. The van der Waals surface area contributed by atoms with Crippen molar-refractivity contribution in [3.05, 3.63) is 0 Å². The molecule has 3 N–H and O–H groups in total. The highest BCUT2D eigenvalue weighted by Crippen LogP contribution is 2.50. The Morgan fingerprint density at radius 3 is 2.23 bits per heavy atom. The summed E-state index contributed by atoms with van der Waals surface area (Å²) in [5.74, 6) is 0.816. The summed E-state index contributed by atoms with van der Waals surface area (Å²) in [6.45, 7) is 8.41. The van der Waals surface area contributed by atoms with Crippen molar-refractivity contribution in [3.63, 3.8) is 0 Å². The molecular formula is C18H35N4+. The van der Waals surface area contributed by atoms with E-state index in [1.807, 2.05) is 0 Å². The fraction of sp³-hybridized carbons (Fsp3) is 1.00. The van der Waals surface area contributed by atoms with Crippen molar-refractivity contribution in [2.75, 3.05) is 6.54 Å². The summed E-state index contributed by atoms with van der Waals surface area (Å²) in [7, 11) is 0. The molecule has 0 amide bonds. The second-order valence-corrected chi connectivity index (χ2v) is 8.50. The summed E-state index contributed by atoms with van der Waals surface area (Å²) in [5, 5.41) is 7.98. The van der Waals surface area contributed by atoms with E-state index in [-0.39, 0.29) is 5.66 Å². The molecule has 5 unspecified atom stereocenters. The first-order valence-corrected chi connectivity index (χ1v) is 9.78. The number of hydrogen-bond donors (Lipinski definition) is 3. The summed E-state index contributed by atoms with van der Waals surface area (Å²) in [6.07, 6.45) is 11.8. The third kappa shape index (κ3) is 1.84. The maximum atomic E-state index is 4.11. The Morgan fingerprint density at radius 2 is 1.55 bits per heavy atom. The van der Waals surface area contributed by atoms with Gasteiger partial charge in [0.15, 0.2) is 5.66 Å². The highest BCUT2D eigenvalue weighted by atomic mass is 15.8. The molecule has 4 heteroatoms. The van der Waals surface area contributed by atoms with Gasteiger partial charge in [-0.05, 0) is 46.5 Å². The molecule has 4 rings (SSSR count). The third-order valence-electron chi connectivity index (χ3n) is 7.42. The van der Waals surface area contributed by atoms with E-state index in [0.717, 1.165) is 23.1 Å². The van der Waals surface area contributed by atoms with Gasteiger partial charge in [-0.1, -0.05) is 12.8 Å². The van der Waals surface area contributed by atoms with Crippen LogP contribution in [0, 0.1) is 5.92 Å². The minimum atomic E-state index is 0.197. The molecule has 0 aromatic rings. The summed E-state index contributed by atoms with van der Waals surface area (Å²) in [4.78, 5) is 0. The first-order valence-electron chi connectivity index (χ1n) is 9.78. The number of fused-ring (bicyclic) bond motifs is 1. The first-order chi connectivity index (χ1) is 10.6. The van der Waals surface area contributed by atoms with Crippen LogP contribution in [0.3, 0.4) is 0 Å². The van der Waals surface area contributed by atoms with Crippen molar-refractivity contribution < 1.29 is 4.59 Å². The molecule has 2 saturated heterocycles. The quantitative estimate of drug-likeness (QED) is 0.686. The minimum Gasteiger partial charge on any atom is -0.302 e. The lowest BCUT2D eigenvalue weighted by Gasteiger charge is -2.61. The van der Waals surface area contributed by atoms with Crippen molar-refractivity contribution in [1.29, 1.82) is 0 Å². The van der Waals surface area contributed by atoms with Crippen LogP contribution in [0.1, 0.15) is 72.1 Å². The molecule has 0 bridgehead atoms. The maximum Gasteiger partial charge on any atom is 0.190 e. The number of nitrogens with zero attached hydrogens (tertiary/aromatic N) is 1. The average Bonchev–Trinajstić information content (AvgIpc) is 3.21. The molecule has 126 valence electrons. The smallest absolute Gasteiger partial charge is 0.190 e. The van der Waals surface area contributed by atoms with Crippen LogP contribution in [-0.4, -0.2) is 41.1 Å². The Bertz CT molecular complexity index is 377. The zero-order valence-electron chi connectivity index (χ0n) is 14.7. The van der Waals surface area contributed by atoms with Gasteiger partial charge in [0.1, 0.15) is 18.2 Å². The molecule has 2 saturated carbocycles. The van der Waals surface area contributed by atoms with Gasteiger partial charge in [0.2, 0.25) is 0 Å². The highest BCUT2D eigenvalue weighted by Gasteiger charge is 2.70. The first kappa shape index (κ1) is 15.4. The largest absolute Gasteiger partial charge is 0.302 e. The molecule has 4 aliphatic rings. The summed E-state index contributed by atoms with van der Waals surface area (Å²) >= 11 is 0. The van der Waals surface area contributed by atoms with E-state index in [9.17, 15) is 0 Å². The lowest BCUT2D eigenvalue weighted by molar-refractivity contribution is -1.05. The fourth-order valence-corrected chi connectivity index (χ4v) is 6.72. The average molecular weight is 308 g/mol. The monoisotopic (exact) mass is 307 g/mol. The Kier molecular flexibility index (Phi) is 3.80. The minimum absolute atomic E-state index is 0.197. The van der Waals surface area contributed by atoms with E-state index in [0.29, 0.717) is 18.2 Å². The lowest BCUT2D eigenvalue weighted by Crippen LogP contribution is -2.86. The number of piperazine rings is 1. The normalized spacial score (nSPS) is 50.6. The van der Waals surface area contributed by atoms with Crippen molar-refractivity contribution in [2.24, 2.45) is 5.92 Å². The van der Waals surface area contributed by atoms with Gasteiger partial charge in [0, 0.05) is 25.3 Å². The molecule has 4 nitrogen and oxygen atoms in total. The summed E-state index contributed by atoms with van der Waals surface area (Å²) < 4.78 is 1.16. The van der Waals surface area contributed by atoms with Crippen molar-refractivity contribution in [2.45, 2.75) is 102 Å². The van der Waals surface area contributed by atoms with Gasteiger partial charge in [0.25, 0.3) is 0 Å². The van der Waals surface area contributed by atoms with E-state index in [1.165, 1.54) is 51.4 Å². The molecule has 2 aliphatic heterocycles. The van der Waals surface area contributed by atoms with Crippen molar-refractivity contribution in [1.82, 2.24) is 16.1 Å². The third-order valence-corrected chi connectivity index (χ3v) is 7.42. The van der Waals surface area contributed by atoms with Gasteiger partial charge >= 0.3 is 0 Å². The standard InChI is InChI=1S/C18H35N4/c1-13-12-19-14(2)18(16-8-4-5-9-16)20-15(3)21-22(13,18)17-10-6-7-11-17/h13-17,19-21H,4-12H2,1-3H3/q+1. The van der Waals surface area contributed by atoms with Crippen LogP contribution in [0.25, 0.3) is 0 Å². The molecule has 0 radical (unpaired) electrons. The molecule has 22 heavy (non-hydrogen) atoms. The molecule has 0 spiro atoms. The van der Waals surface area contributed by atoms with Gasteiger partial charge < -0.3 is 5.32 Å². The van der Waals surface area contributed by atoms with E-state index < -0.39 is 0 Å². The molecule has 2 heterocycles. The van der Waals surface area contributed by atoms with Crippen molar-refractivity contribution >= 4 is 0 Å². The second-order valence-electron chi connectivity index (χ2n) is 8.50. The van der Waals surface area contributed by atoms with Gasteiger partial charge in [-0.15, -0.1) is 5.43 Å². The van der Waals surface area contributed by atoms with Gasteiger partial charge in [-0.25, -0.2) is 9.91 Å². The van der Waals surface area contributed by atoms with Crippen LogP contribution >= 0.6 is 0 Å². The van der Waals surface area contributed by atoms with E-state index >= 15 is 0 Å². The predicted octanol–water partition coefficient (Wildman–Crippen LogP) is 2.47. The molecule has 5 atom stereocenters. The predicted molar refractivity (Wildman–Crippen MR) is 89.9 cm³/mol. The fourth-order valence-electron chi connectivity index (χ4n) is 6.72. The summed E-state index contributed by atoms with van der Waals surface area (Å²) in [5.41, 5.74) is 4.29. The molecule has 0 aromatic heterocycles. The Balaban J connectivity index is 1.83. The number of hydrogen-bond acceptors (Lipinski definition) is 3. The van der Waals surface area contributed by atoms with Gasteiger partial charge in [0.05, 0.1) is 6.04 Å². The van der Waals surface area contributed by atoms with Crippen LogP contribution in [0.15, 0.2) is 0 Å². The Hall–Kier alpha value is -0.160. The SMILES string of the molecule is CC1NC2(C3CCCC3)C(C)NCC(C)[N+]2(C2CCCC2)N1. The van der Waals surface area contributed by atoms with Gasteiger partial charge in [-0.2, -0.15) is 0 Å². The lowest BCUT2D eigenvalue weighted by atomic mass is 9.78.